The Morgan fingerprint density at radius 1 is 1.41 bits per heavy atom. The number of β-amino-alcohol motifs (C(OH)–C–C–N with tert-alkyl or cyclic N) is 1. The van der Waals surface area contributed by atoms with Crippen molar-refractivity contribution in [3.05, 3.63) is 35.8 Å². The van der Waals surface area contributed by atoms with Gasteiger partial charge < -0.3 is 19.1 Å². The Morgan fingerprint density at radius 2 is 2.18 bits per heavy atom. The first-order valence-electron chi connectivity index (χ1n) is 7.03. The number of hydrogen-bond acceptors (Lipinski definition) is 5. The van der Waals surface area contributed by atoms with Crippen LogP contribution in [-0.4, -0.2) is 57.1 Å². The molecule has 0 radical (unpaired) electrons. The van der Waals surface area contributed by atoms with Gasteiger partial charge in [0.25, 0.3) is 5.91 Å². The smallest absolute Gasteiger partial charge is 0.328 e. The molecule has 0 saturated carbocycles. The third-order valence-corrected chi connectivity index (χ3v) is 3.98. The SMILES string of the molecule is COC(=O)[C@@H]1C[C@@H](O)CN1C(=O)c1nc2ccccn2c1C. The van der Waals surface area contributed by atoms with Crippen LogP contribution in [0.25, 0.3) is 5.65 Å². The molecular formula is C15H17N3O4. The molecule has 1 fully saturated rings. The lowest BCUT2D eigenvalue weighted by molar-refractivity contribution is -0.145. The number of aliphatic hydroxyl groups excluding tert-OH is 1. The summed E-state index contributed by atoms with van der Waals surface area (Å²) in [4.78, 5) is 30.2. The first-order valence-corrected chi connectivity index (χ1v) is 7.03. The Labute approximate surface area is 127 Å². The molecule has 0 bridgehead atoms. The van der Waals surface area contributed by atoms with Gasteiger partial charge in [-0.3, -0.25) is 4.79 Å². The molecule has 3 rings (SSSR count). The van der Waals surface area contributed by atoms with Gasteiger partial charge in [0, 0.05) is 19.2 Å². The van der Waals surface area contributed by atoms with Gasteiger partial charge in [0.2, 0.25) is 0 Å². The van der Waals surface area contributed by atoms with Crippen LogP contribution in [0.15, 0.2) is 24.4 Å². The van der Waals surface area contributed by atoms with E-state index < -0.39 is 18.1 Å². The van der Waals surface area contributed by atoms with E-state index in [9.17, 15) is 14.7 Å². The highest BCUT2D eigenvalue weighted by Gasteiger charge is 2.41. The maximum absolute atomic E-state index is 12.7. The molecule has 2 aromatic rings. The fraction of sp³-hybridized carbons (Fsp3) is 0.400. The zero-order valence-corrected chi connectivity index (χ0v) is 12.4. The van der Waals surface area contributed by atoms with Crippen molar-refractivity contribution in [2.75, 3.05) is 13.7 Å². The standard InChI is InChI=1S/C15H17N3O4/c1-9-13(16-12-5-3-4-6-17(9)12)14(20)18-8-10(19)7-11(18)15(21)22-2/h3-6,10-11,19H,7-8H2,1-2H3/t10-,11+/m1/s1. The van der Waals surface area contributed by atoms with Crippen molar-refractivity contribution >= 4 is 17.5 Å². The molecule has 22 heavy (non-hydrogen) atoms. The van der Waals surface area contributed by atoms with Crippen LogP contribution >= 0.6 is 0 Å². The Bertz CT molecular complexity index is 739. The summed E-state index contributed by atoms with van der Waals surface area (Å²) in [5, 5.41) is 9.79. The second kappa shape index (κ2) is 5.42. The van der Waals surface area contributed by atoms with Crippen LogP contribution in [0.2, 0.25) is 0 Å². The summed E-state index contributed by atoms with van der Waals surface area (Å²) < 4.78 is 6.53. The van der Waals surface area contributed by atoms with Crippen molar-refractivity contribution in [3.8, 4) is 0 Å². The Balaban J connectivity index is 1.98. The van der Waals surface area contributed by atoms with Gasteiger partial charge in [-0.25, -0.2) is 9.78 Å². The van der Waals surface area contributed by atoms with Crippen LogP contribution < -0.4 is 0 Å². The zero-order chi connectivity index (χ0) is 15.9. The Hall–Kier alpha value is -2.41. The molecule has 116 valence electrons. The number of rotatable bonds is 2. The molecule has 0 aliphatic carbocycles. The maximum Gasteiger partial charge on any atom is 0.328 e. The lowest BCUT2D eigenvalue weighted by Gasteiger charge is -2.21. The minimum atomic E-state index is -0.767. The highest BCUT2D eigenvalue weighted by molar-refractivity contribution is 5.97. The summed E-state index contributed by atoms with van der Waals surface area (Å²) in [6.07, 6.45) is 1.28. The molecule has 7 nitrogen and oxygen atoms in total. The number of pyridine rings is 1. The number of methoxy groups -OCH3 is 1. The molecule has 0 spiro atoms. The Kier molecular flexibility index (Phi) is 3.58. The molecular weight excluding hydrogens is 286 g/mol. The lowest BCUT2D eigenvalue weighted by Crippen LogP contribution is -2.41. The van der Waals surface area contributed by atoms with Crippen LogP contribution in [-0.2, 0) is 9.53 Å². The minimum Gasteiger partial charge on any atom is -0.467 e. The van der Waals surface area contributed by atoms with Crippen LogP contribution in [0.5, 0.6) is 0 Å². The molecule has 1 amide bonds. The number of aryl methyl sites for hydroxylation is 1. The summed E-state index contributed by atoms with van der Waals surface area (Å²) in [7, 11) is 1.27. The average molecular weight is 303 g/mol. The first kappa shape index (κ1) is 14.5. The highest BCUT2D eigenvalue weighted by atomic mass is 16.5. The zero-order valence-electron chi connectivity index (χ0n) is 12.4. The predicted molar refractivity (Wildman–Crippen MR) is 77.4 cm³/mol. The maximum atomic E-state index is 12.7. The quantitative estimate of drug-likeness (QED) is 0.811. The van der Waals surface area contributed by atoms with Crippen molar-refractivity contribution < 1.29 is 19.4 Å². The molecule has 1 saturated heterocycles. The van der Waals surface area contributed by atoms with E-state index in [2.05, 4.69) is 4.98 Å². The summed E-state index contributed by atoms with van der Waals surface area (Å²) in [6.45, 7) is 1.90. The lowest BCUT2D eigenvalue weighted by atomic mass is 10.2. The minimum absolute atomic E-state index is 0.103. The van der Waals surface area contributed by atoms with Crippen LogP contribution in [0.3, 0.4) is 0 Å². The number of amides is 1. The summed E-state index contributed by atoms with van der Waals surface area (Å²) >= 11 is 0. The Morgan fingerprint density at radius 3 is 2.86 bits per heavy atom. The highest BCUT2D eigenvalue weighted by Crippen LogP contribution is 2.23. The van der Waals surface area contributed by atoms with E-state index in [1.165, 1.54) is 12.0 Å². The monoisotopic (exact) mass is 303 g/mol. The fourth-order valence-corrected chi connectivity index (χ4v) is 2.85. The van der Waals surface area contributed by atoms with Gasteiger partial charge in [0.1, 0.15) is 17.4 Å². The average Bonchev–Trinajstić information content (AvgIpc) is 3.07. The van der Waals surface area contributed by atoms with E-state index in [1.54, 1.807) is 13.0 Å². The molecule has 2 atom stereocenters. The number of fused-ring (bicyclic) bond motifs is 1. The molecule has 7 heteroatoms. The number of nitrogens with zero attached hydrogens (tertiary/aromatic N) is 3. The number of carbonyl (C=O) groups excluding carboxylic acids is 2. The number of imidazole rings is 1. The third kappa shape index (κ3) is 2.23. The number of carbonyl (C=O) groups is 2. The van der Waals surface area contributed by atoms with Crippen molar-refractivity contribution in [2.45, 2.75) is 25.5 Å². The molecule has 1 aliphatic rings. The van der Waals surface area contributed by atoms with Crippen molar-refractivity contribution in [2.24, 2.45) is 0 Å². The van der Waals surface area contributed by atoms with E-state index in [-0.39, 0.29) is 24.6 Å². The number of likely N-dealkylation sites (tertiary alicyclic amines) is 1. The second-order valence-corrected chi connectivity index (χ2v) is 5.36. The van der Waals surface area contributed by atoms with Gasteiger partial charge in [-0.15, -0.1) is 0 Å². The number of hydrogen-bond donors (Lipinski definition) is 1. The van der Waals surface area contributed by atoms with Crippen LogP contribution in [0.4, 0.5) is 0 Å². The van der Waals surface area contributed by atoms with Gasteiger partial charge in [-0.2, -0.15) is 0 Å². The van der Waals surface area contributed by atoms with E-state index in [1.807, 2.05) is 22.7 Å². The van der Waals surface area contributed by atoms with E-state index in [4.69, 9.17) is 4.74 Å². The normalized spacial score (nSPS) is 21.3. The van der Waals surface area contributed by atoms with Crippen molar-refractivity contribution in [3.63, 3.8) is 0 Å². The summed E-state index contributed by atoms with van der Waals surface area (Å²) in [5.41, 5.74) is 1.65. The molecule has 0 aromatic carbocycles. The van der Waals surface area contributed by atoms with E-state index in [0.29, 0.717) is 11.3 Å². The number of esters is 1. The second-order valence-electron chi connectivity index (χ2n) is 5.36. The van der Waals surface area contributed by atoms with Gasteiger partial charge in [-0.1, -0.05) is 6.07 Å². The van der Waals surface area contributed by atoms with Crippen LogP contribution in [0, 0.1) is 6.92 Å². The van der Waals surface area contributed by atoms with Gasteiger partial charge in [0.15, 0.2) is 0 Å². The van der Waals surface area contributed by atoms with E-state index >= 15 is 0 Å². The molecule has 3 heterocycles. The van der Waals surface area contributed by atoms with Gasteiger partial charge >= 0.3 is 5.97 Å². The van der Waals surface area contributed by atoms with Gasteiger partial charge in [0.05, 0.1) is 18.9 Å². The van der Waals surface area contributed by atoms with Crippen molar-refractivity contribution in [1.29, 1.82) is 0 Å². The molecule has 0 unspecified atom stereocenters. The molecule has 1 N–H and O–H groups in total. The fourth-order valence-electron chi connectivity index (χ4n) is 2.85. The predicted octanol–water partition coefficient (Wildman–Crippen LogP) is 0.391. The summed E-state index contributed by atoms with van der Waals surface area (Å²) in [5.74, 6) is -0.889. The van der Waals surface area contributed by atoms with E-state index in [0.717, 1.165) is 0 Å². The molecule has 2 aromatic heterocycles. The number of ether oxygens (including phenoxy) is 1. The largest absolute Gasteiger partial charge is 0.467 e. The van der Waals surface area contributed by atoms with Crippen LogP contribution in [0.1, 0.15) is 22.6 Å². The third-order valence-electron chi connectivity index (χ3n) is 3.98. The summed E-state index contributed by atoms with van der Waals surface area (Å²) in [6, 6.07) is 4.73. The topological polar surface area (TPSA) is 84.1 Å². The number of aliphatic hydroxyl groups is 1. The molecule has 1 aliphatic heterocycles. The van der Waals surface area contributed by atoms with Gasteiger partial charge in [-0.05, 0) is 19.1 Å². The number of aromatic nitrogens is 2. The first-order chi connectivity index (χ1) is 10.5. The van der Waals surface area contributed by atoms with Crippen molar-refractivity contribution in [1.82, 2.24) is 14.3 Å².